The molecule has 2 aromatic rings. The zero-order valence-electron chi connectivity index (χ0n) is 15.4. The highest BCUT2D eigenvalue weighted by molar-refractivity contribution is 6.21. The maximum absolute atomic E-state index is 13.3. The van der Waals surface area contributed by atoms with Gasteiger partial charge in [-0.15, -0.1) is 0 Å². The van der Waals surface area contributed by atoms with Gasteiger partial charge in [0.15, 0.2) is 6.54 Å². The number of rotatable bonds is 3. The van der Waals surface area contributed by atoms with Crippen LogP contribution in [0.5, 0.6) is 0 Å². The Morgan fingerprint density at radius 1 is 1.21 bits per heavy atom. The van der Waals surface area contributed by atoms with Crippen LogP contribution < -0.4 is 10.0 Å². The Kier molecular flexibility index (Phi) is 4.99. The van der Waals surface area contributed by atoms with Gasteiger partial charge in [0.1, 0.15) is 11.9 Å². The van der Waals surface area contributed by atoms with Gasteiger partial charge >= 0.3 is 12.1 Å². The van der Waals surface area contributed by atoms with Gasteiger partial charge in [-0.05, 0) is 36.4 Å². The van der Waals surface area contributed by atoms with E-state index in [2.05, 4.69) is 9.97 Å². The fraction of sp³-hybridized carbons (Fsp3) is 0.350. The fourth-order valence-corrected chi connectivity index (χ4v) is 3.87. The lowest BCUT2D eigenvalue weighted by atomic mass is 9.96. The van der Waals surface area contributed by atoms with Crippen LogP contribution >= 0.6 is 0 Å². The Balaban J connectivity index is 1.77. The summed E-state index contributed by atoms with van der Waals surface area (Å²) in [6.07, 6.45) is 1.82. The Morgan fingerprint density at radius 2 is 1.97 bits per heavy atom. The summed E-state index contributed by atoms with van der Waals surface area (Å²) in [5.41, 5.74) is -0.463. The number of piperidine rings is 1. The van der Waals surface area contributed by atoms with Crippen LogP contribution in [0.15, 0.2) is 48.9 Å². The summed E-state index contributed by atoms with van der Waals surface area (Å²) in [6.45, 7) is 0.637. The van der Waals surface area contributed by atoms with Crippen molar-refractivity contribution in [2.24, 2.45) is 0 Å². The molecule has 1 aromatic carbocycles. The van der Waals surface area contributed by atoms with Gasteiger partial charge in [-0.2, -0.15) is 13.2 Å². The van der Waals surface area contributed by atoms with Gasteiger partial charge < -0.3 is 10.0 Å². The summed E-state index contributed by atoms with van der Waals surface area (Å²) in [5, 5.41) is 13.1. The Morgan fingerprint density at radius 3 is 2.69 bits per heavy atom. The standard InChI is InChI=1S/C20H19F3N4O2/c21-20(22,23)15-5-3-4-14(8-15)17-18(28)26-7-2-1-6-16(26)27(19(17)29)11-13-9-24-12-25-10-13/h3-5,8-10,12,16,28H,1-2,6-7,11H2/q+1/p-1. The molecule has 0 aliphatic carbocycles. The number of hydrogen-bond acceptors (Lipinski definition) is 5. The molecule has 0 N–H and O–H groups in total. The van der Waals surface area contributed by atoms with Gasteiger partial charge in [0.05, 0.1) is 5.56 Å². The van der Waals surface area contributed by atoms with Crippen LogP contribution in [0, 0.1) is 0 Å². The summed E-state index contributed by atoms with van der Waals surface area (Å²) in [7, 11) is 0. The second kappa shape index (κ2) is 7.47. The highest BCUT2D eigenvalue weighted by Gasteiger charge is 2.47. The maximum Gasteiger partial charge on any atom is 0.416 e. The summed E-state index contributed by atoms with van der Waals surface area (Å²) in [4.78, 5) is 24.3. The maximum atomic E-state index is 13.3. The lowest BCUT2D eigenvalue weighted by molar-refractivity contribution is -0.339. The fourth-order valence-electron chi connectivity index (χ4n) is 3.87. The van der Waals surface area contributed by atoms with Crippen LogP contribution in [-0.2, 0) is 17.5 Å². The zero-order valence-corrected chi connectivity index (χ0v) is 15.4. The third-order valence-corrected chi connectivity index (χ3v) is 5.23. The average molecular weight is 403 g/mol. The summed E-state index contributed by atoms with van der Waals surface area (Å²) >= 11 is 0. The van der Waals surface area contributed by atoms with Gasteiger partial charge in [-0.3, -0.25) is 0 Å². The number of alkyl halides is 3. The first-order valence-corrected chi connectivity index (χ1v) is 9.26. The Bertz CT molecular complexity index is 946. The molecule has 0 bridgehead atoms. The highest BCUT2D eigenvalue weighted by Crippen LogP contribution is 2.36. The molecule has 1 unspecified atom stereocenters. The molecule has 151 valence electrons. The second-order valence-electron chi connectivity index (χ2n) is 7.11. The third-order valence-electron chi connectivity index (χ3n) is 5.23. The molecule has 6 nitrogen and oxygen atoms in total. The van der Waals surface area contributed by atoms with E-state index in [4.69, 9.17) is 0 Å². The lowest BCUT2D eigenvalue weighted by Gasteiger charge is -2.44. The summed E-state index contributed by atoms with van der Waals surface area (Å²) in [5.74, 6) is -1.08. The molecule has 3 heterocycles. The number of hydrogen-bond donors (Lipinski definition) is 0. The van der Waals surface area contributed by atoms with E-state index < -0.39 is 29.7 Å². The van der Waals surface area contributed by atoms with Crippen LogP contribution in [-0.4, -0.2) is 33.5 Å². The van der Waals surface area contributed by atoms with E-state index in [1.54, 1.807) is 17.3 Å². The molecule has 1 radical (unpaired) electrons. The number of carbonyl (C=O) groups is 1. The molecular weight excluding hydrogens is 385 g/mol. The quantitative estimate of drug-likeness (QED) is 0.735. The largest absolute Gasteiger partial charge is 0.860 e. The van der Waals surface area contributed by atoms with E-state index >= 15 is 0 Å². The number of carbonyl (C=O) groups excluding carboxylic acids is 1. The molecule has 1 atom stereocenters. The zero-order chi connectivity index (χ0) is 20.6. The highest BCUT2D eigenvalue weighted by atomic mass is 19.4. The van der Waals surface area contributed by atoms with E-state index in [0.717, 1.165) is 25.0 Å². The van der Waals surface area contributed by atoms with Crippen LogP contribution in [0.3, 0.4) is 0 Å². The van der Waals surface area contributed by atoms with Gasteiger partial charge in [0.2, 0.25) is 6.17 Å². The first kappa shape index (κ1) is 19.4. The van der Waals surface area contributed by atoms with E-state index in [9.17, 15) is 23.1 Å². The van der Waals surface area contributed by atoms with E-state index in [1.165, 1.54) is 23.4 Å². The Labute approximate surface area is 165 Å². The molecule has 1 fully saturated rings. The molecule has 1 aromatic heterocycles. The van der Waals surface area contributed by atoms with Gasteiger partial charge in [-0.1, -0.05) is 17.0 Å². The summed E-state index contributed by atoms with van der Waals surface area (Å²) < 4.78 is 39.4. The second-order valence-corrected chi connectivity index (χ2v) is 7.11. The van der Waals surface area contributed by atoms with Crippen molar-refractivity contribution in [1.82, 2.24) is 19.8 Å². The molecule has 4 rings (SSSR count). The van der Waals surface area contributed by atoms with Crippen molar-refractivity contribution in [1.29, 1.82) is 0 Å². The first-order chi connectivity index (χ1) is 13.9. The molecular formula is C20H18F3N4O2. The number of fused-ring (bicyclic) bond motifs is 1. The predicted molar refractivity (Wildman–Crippen MR) is 95.6 cm³/mol. The average Bonchev–Trinajstić information content (AvgIpc) is 2.72. The number of amides is 1. The van der Waals surface area contributed by atoms with Crippen LogP contribution in [0.2, 0.25) is 0 Å². The van der Waals surface area contributed by atoms with E-state index in [0.29, 0.717) is 18.5 Å². The Hall–Kier alpha value is -2.94. The lowest BCUT2D eigenvalue weighted by Crippen LogP contribution is -2.61. The van der Waals surface area contributed by atoms with Crippen molar-refractivity contribution in [2.75, 3.05) is 6.54 Å². The number of benzene rings is 1. The minimum absolute atomic E-state index is 0.0202. The molecule has 1 saturated heterocycles. The normalized spacial score (nSPS) is 20.7. The van der Waals surface area contributed by atoms with Crippen LogP contribution in [0.25, 0.3) is 5.57 Å². The van der Waals surface area contributed by atoms with Crippen molar-refractivity contribution >= 4 is 11.5 Å². The molecule has 0 saturated carbocycles. The van der Waals surface area contributed by atoms with Crippen molar-refractivity contribution in [3.8, 4) is 0 Å². The van der Waals surface area contributed by atoms with Crippen LogP contribution in [0.1, 0.15) is 36.0 Å². The molecule has 29 heavy (non-hydrogen) atoms. The SMILES string of the molecule is O=C1C(c2cccc(C(F)(F)F)c2)=C([O-])N2CCCCC2[N+]1Cc1cncnc1. The number of aromatic nitrogens is 2. The first-order valence-electron chi connectivity index (χ1n) is 9.26. The topological polar surface area (TPSA) is 75.0 Å². The van der Waals surface area contributed by atoms with Gasteiger partial charge in [-0.25, -0.2) is 14.8 Å². The number of nitrogens with zero attached hydrogens (tertiary/aromatic N) is 4. The van der Waals surface area contributed by atoms with Crippen molar-refractivity contribution in [3.63, 3.8) is 0 Å². The smallest absolute Gasteiger partial charge is 0.416 e. The van der Waals surface area contributed by atoms with E-state index in [-0.39, 0.29) is 17.7 Å². The van der Waals surface area contributed by atoms with E-state index in [1.807, 2.05) is 0 Å². The van der Waals surface area contributed by atoms with Gasteiger partial charge in [0.25, 0.3) is 0 Å². The van der Waals surface area contributed by atoms with Crippen LogP contribution in [0.4, 0.5) is 13.2 Å². The molecule has 2 aliphatic heterocycles. The summed E-state index contributed by atoms with van der Waals surface area (Å²) in [6, 6.07) is 4.36. The van der Waals surface area contributed by atoms with Gasteiger partial charge in [0, 0.05) is 30.9 Å². The minimum atomic E-state index is -4.56. The monoisotopic (exact) mass is 403 g/mol. The van der Waals surface area contributed by atoms with Crippen molar-refractivity contribution in [2.45, 2.75) is 38.1 Å². The number of halogens is 3. The van der Waals surface area contributed by atoms with Crippen molar-refractivity contribution < 1.29 is 23.1 Å². The molecule has 0 spiro atoms. The molecule has 1 amide bonds. The minimum Gasteiger partial charge on any atom is -0.860 e. The third kappa shape index (κ3) is 3.69. The molecule has 2 aliphatic rings. The van der Waals surface area contributed by atoms with Crippen molar-refractivity contribution in [3.05, 3.63) is 65.6 Å². The predicted octanol–water partition coefficient (Wildman–Crippen LogP) is 2.22. The molecule has 9 heteroatoms.